The molecule has 16 heavy (non-hydrogen) atoms. The standard InChI is InChI=1S/C10H10F3NO2/c1-2-16-9(15)10(12,13)6-3-4-8(14)7(11)5-6/h3-5H,2,14H2,1H3. The molecule has 3 nitrogen and oxygen atoms in total. The van der Waals surface area contributed by atoms with Crippen molar-refractivity contribution in [3.8, 4) is 0 Å². The zero-order valence-corrected chi connectivity index (χ0v) is 8.47. The number of hydrogen-bond acceptors (Lipinski definition) is 3. The summed E-state index contributed by atoms with van der Waals surface area (Å²) < 4.78 is 43.9. The SMILES string of the molecule is CCOC(=O)C(F)(F)c1ccc(N)c(F)c1. The molecule has 0 heterocycles. The number of hydrogen-bond donors (Lipinski definition) is 1. The fraction of sp³-hybridized carbons (Fsp3) is 0.300. The van der Waals surface area contributed by atoms with Gasteiger partial charge in [-0.1, -0.05) is 6.07 Å². The lowest BCUT2D eigenvalue weighted by atomic mass is 10.1. The van der Waals surface area contributed by atoms with Crippen molar-refractivity contribution in [1.29, 1.82) is 0 Å². The van der Waals surface area contributed by atoms with E-state index in [2.05, 4.69) is 4.74 Å². The average molecular weight is 233 g/mol. The van der Waals surface area contributed by atoms with E-state index in [-0.39, 0.29) is 12.3 Å². The number of esters is 1. The van der Waals surface area contributed by atoms with Crippen LogP contribution in [0.4, 0.5) is 18.9 Å². The first-order chi connectivity index (χ1) is 7.39. The van der Waals surface area contributed by atoms with E-state index in [1.807, 2.05) is 0 Å². The number of carbonyl (C=O) groups excluding carboxylic acids is 1. The fourth-order valence-electron chi connectivity index (χ4n) is 1.06. The molecule has 0 saturated heterocycles. The highest BCUT2D eigenvalue weighted by atomic mass is 19.3. The number of anilines is 1. The predicted molar refractivity (Wildman–Crippen MR) is 51.3 cm³/mol. The van der Waals surface area contributed by atoms with Crippen molar-refractivity contribution in [1.82, 2.24) is 0 Å². The van der Waals surface area contributed by atoms with Gasteiger partial charge in [0.2, 0.25) is 0 Å². The van der Waals surface area contributed by atoms with Crippen LogP contribution < -0.4 is 5.73 Å². The zero-order valence-electron chi connectivity index (χ0n) is 8.47. The number of halogens is 3. The Morgan fingerprint density at radius 1 is 1.50 bits per heavy atom. The largest absolute Gasteiger partial charge is 0.461 e. The average Bonchev–Trinajstić information content (AvgIpc) is 2.22. The summed E-state index contributed by atoms with van der Waals surface area (Å²) in [5.41, 5.74) is 4.09. The first-order valence-corrected chi connectivity index (χ1v) is 4.50. The Kier molecular flexibility index (Phi) is 3.41. The van der Waals surface area contributed by atoms with Crippen molar-refractivity contribution in [3.63, 3.8) is 0 Å². The van der Waals surface area contributed by atoms with E-state index in [0.29, 0.717) is 6.07 Å². The maximum Gasteiger partial charge on any atom is 0.381 e. The smallest absolute Gasteiger partial charge is 0.381 e. The Balaban J connectivity index is 3.06. The van der Waals surface area contributed by atoms with Gasteiger partial charge in [0.15, 0.2) is 0 Å². The molecule has 0 bridgehead atoms. The Hall–Kier alpha value is -1.72. The summed E-state index contributed by atoms with van der Waals surface area (Å²) in [6.07, 6.45) is 0. The predicted octanol–water partition coefficient (Wildman–Crippen LogP) is 2.06. The second kappa shape index (κ2) is 4.42. The molecule has 88 valence electrons. The van der Waals surface area contributed by atoms with Crippen molar-refractivity contribution in [3.05, 3.63) is 29.6 Å². The molecule has 0 spiro atoms. The van der Waals surface area contributed by atoms with E-state index < -0.39 is 23.3 Å². The van der Waals surface area contributed by atoms with Gasteiger partial charge in [-0.15, -0.1) is 0 Å². The fourth-order valence-corrected chi connectivity index (χ4v) is 1.06. The van der Waals surface area contributed by atoms with Gasteiger partial charge in [0.1, 0.15) is 5.82 Å². The molecular weight excluding hydrogens is 223 g/mol. The number of ether oxygens (including phenoxy) is 1. The van der Waals surface area contributed by atoms with Crippen molar-refractivity contribution >= 4 is 11.7 Å². The summed E-state index contributed by atoms with van der Waals surface area (Å²) in [6, 6.07) is 2.37. The van der Waals surface area contributed by atoms with E-state index in [1.54, 1.807) is 0 Å². The molecule has 0 fully saturated rings. The van der Waals surface area contributed by atoms with Gasteiger partial charge in [0.05, 0.1) is 12.3 Å². The minimum absolute atomic E-state index is 0.175. The van der Waals surface area contributed by atoms with E-state index >= 15 is 0 Å². The van der Waals surface area contributed by atoms with Crippen LogP contribution in [0.25, 0.3) is 0 Å². The lowest BCUT2D eigenvalue weighted by Gasteiger charge is -2.15. The number of nitrogen functional groups attached to an aromatic ring is 1. The van der Waals surface area contributed by atoms with Crippen molar-refractivity contribution < 1.29 is 22.7 Å². The molecule has 0 radical (unpaired) electrons. The first kappa shape index (κ1) is 12.4. The highest BCUT2D eigenvalue weighted by Gasteiger charge is 2.42. The third-order valence-electron chi connectivity index (χ3n) is 1.89. The van der Waals surface area contributed by atoms with Gasteiger partial charge < -0.3 is 10.5 Å². The molecule has 0 atom stereocenters. The van der Waals surface area contributed by atoms with Crippen LogP contribution in [0.1, 0.15) is 12.5 Å². The number of carbonyl (C=O) groups is 1. The summed E-state index contributed by atoms with van der Waals surface area (Å²) in [7, 11) is 0. The monoisotopic (exact) mass is 233 g/mol. The lowest BCUT2D eigenvalue weighted by molar-refractivity contribution is -0.173. The summed E-state index contributed by atoms with van der Waals surface area (Å²) in [5.74, 6) is -6.58. The topological polar surface area (TPSA) is 52.3 Å². The molecule has 6 heteroatoms. The quantitative estimate of drug-likeness (QED) is 0.642. The van der Waals surface area contributed by atoms with Crippen molar-refractivity contribution in [2.75, 3.05) is 12.3 Å². The zero-order chi connectivity index (χ0) is 12.3. The molecule has 1 rings (SSSR count). The molecule has 0 aliphatic carbocycles. The molecule has 0 aromatic heterocycles. The van der Waals surface area contributed by atoms with Crippen LogP contribution in [0.2, 0.25) is 0 Å². The van der Waals surface area contributed by atoms with E-state index in [9.17, 15) is 18.0 Å². The van der Waals surface area contributed by atoms with Gasteiger partial charge in [-0.25, -0.2) is 9.18 Å². The Labute approximate surface area is 90.0 Å². The molecule has 0 aliphatic heterocycles. The Morgan fingerprint density at radius 3 is 2.62 bits per heavy atom. The number of nitrogens with two attached hydrogens (primary N) is 1. The van der Waals surface area contributed by atoms with Crippen LogP contribution in [0.15, 0.2) is 18.2 Å². The van der Waals surface area contributed by atoms with Crippen LogP contribution >= 0.6 is 0 Å². The molecular formula is C10H10F3NO2. The van der Waals surface area contributed by atoms with E-state index in [1.165, 1.54) is 6.92 Å². The third-order valence-corrected chi connectivity index (χ3v) is 1.89. The number of alkyl halides is 2. The molecule has 1 aromatic carbocycles. The first-order valence-electron chi connectivity index (χ1n) is 4.50. The number of benzene rings is 1. The van der Waals surface area contributed by atoms with Crippen molar-refractivity contribution in [2.45, 2.75) is 12.8 Å². The summed E-state index contributed by atoms with van der Waals surface area (Å²) in [5, 5.41) is 0. The normalized spacial score (nSPS) is 11.2. The highest BCUT2D eigenvalue weighted by molar-refractivity contribution is 5.79. The lowest BCUT2D eigenvalue weighted by Crippen LogP contribution is -2.28. The highest BCUT2D eigenvalue weighted by Crippen LogP contribution is 2.30. The molecule has 0 aliphatic rings. The molecule has 0 unspecified atom stereocenters. The molecule has 0 amide bonds. The van der Waals surface area contributed by atoms with Gasteiger partial charge in [-0.05, 0) is 19.1 Å². The van der Waals surface area contributed by atoms with Gasteiger partial charge >= 0.3 is 11.9 Å². The van der Waals surface area contributed by atoms with Gasteiger partial charge in [-0.2, -0.15) is 8.78 Å². The van der Waals surface area contributed by atoms with Crippen molar-refractivity contribution in [2.24, 2.45) is 0 Å². The van der Waals surface area contributed by atoms with Gasteiger partial charge in [-0.3, -0.25) is 0 Å². The van der Waals surface area contributed by atoms with Gasteiger partial charge in [0.25, 0.3) is 0 Å². The molecule has 0 saturated carbocycles. The summed E-state index contributed by atoms with van der Waals surface area (Å²) in [4.78, 5) is 10.9. The summed E-state index contributed by atoms with van der Waals surface area (Å²) in [6.45, 7) is 1.23. The molecule has 2 N–H and O–H groups in total. The van der Waals surface area contributed by atoms with E-state index in [0.717, 1.165) is 12.1 Å². The minimum atomic E-state index is -3.87. The van der Waals surface area contributed by atoms with E-state index in [4.69, 9.17) is 5.73 Å². The second-order valence-electron chi connectivity index (χ2n) is 3.03. The second-order valence-corrected chi connectivity index (χ2v) is 3.03. The number of rotatable bonds is 3. The summed E-state index contributed by atoms with van der Waals surface area (Å²) >= 11 is 0. The Bertz CT molecular complexity index is 407. The molecule has 1 aromatic rings. The Morgan fingerprint density at radius 2 is 2.12 bits per heavy atom. The van der Waals surface area contributed by atoms with Crippen LogP contribution in [0.3, 0.4) is 0 Å². The van der Waals surface area contributed by atoms with Crippen LogP contribution in [-0.2, 0) is 15.5 Å². The van der Waals surface area contributed by atoms with Crippen LogP contribution in [0, 0.1) is 5.82 Å². The van der Waals surface area contributed by atoms with Gasteiger partial charge in [0, 0.05) is 5.56 Å². The minimum Gasteiger partial charge on any atom is -0.461 e. The maximum absolute atomic E-state index is 13.4. The van der Waals surface area contributed by atoms with Crippen LogP contribution in [-0.4, -0.2) is 12.6 Å². The maximum atomic E-state index is 13.4. The third kappa shape index (κ3) is 2.26. The van der Waals surface area contributed by atoms with Crippen LogP contribution in [0.5, 0.6) is 0 Å².